The predicted molar refractivity (Wildman–Crippen MR) is 69.1 cm³/mol. The van der Waals surface area contributed by atoms with E-state index in [2.05, 4.69) is 22.1 Å². The number of hydrogen-bond donors (Lipinski definition) is 0. The average Bonchev–Trinajstić information content (AvgIpc) is 2.74. The molecule has 1 aromatic rings. The van der Waals surface area contributed by atoms with Crippen LogP contribution in [0.25, 0.3) is 0 Å². The third kappa shape index (κ3) is 4.46. The first-order valence-corrected chi connectivity index (χ1v) is 6.74. The maximum absolute atomic E-state index is 5.26. The van der Waals surface area contributed by atoms with Crippen molar-refractivity contribution in [3.05, 3.63) is 11.7 Å². The Labute approximate surface area is 104 Å². The lowest BCUT2D eigenvalue weighted by atomic mass is 9.96. The fourth-order valence-corrected chi connectivity index (χ4v) is 2.13. The summed E-state index contributed by atoms with van der Waals surface area (Å²) in [5.74, 6) is 2.05. The van der Waals surface area contributed by atoms with Gasteiger partial charge in [0.15, 0.2) is 5.82 Å². The molecule has 2 heterocycles. The van der Waals surface area contributed by atoms with E-state index in [0.29, 0.717) is 5.92 Å². The van der Waals surface area contributed by atoms with E-state index in [0.717, 1.165) is 24.7 Å². The van der Waals surface area contributed by atoms with Crippen molar-refractivity contribution in [3.8, 4) is 0 Å². The number of nitrogens with zero attached hydrogens (tertiary/aromatic N) is 3. The minimum absolute atomic E-state index is 0.467. The van der Waals surface area contributed by atoms with E-state index >= 15 is 0 Å². The third-order valence-corrected chi connectivity index (χ3v) is 3.09. The van der Waals surface area contributed by atoms with Gasteiger partial charge in [-0.05, 0) is 46.3 Å². The summed E-state index contributed by atoms with van der Waals surface area (Å²) < 4.78 is 5.26. The predicted octanol–water partition coefficient (Wildman–Crippen LogP) is 2.99. The Balaban J connectivity index is 0.000000686. The highest BCUT2D eigenvalue weighted by Gasteiger charge is 2.20. The van der Waals surface area contributed by atoms with Crippen LogP contribution in [-0.2, 0) is 0 Å². The molecule has 1 aromatic heterocycles. The van der Waals surface area contributed by atoms with Gasteiger partial charge in [0.2, 0.25) is 5.89 Å². The molecule has 4 nitrogen and oxygen atoms in total. The van der Waals surface area contributed by atoms with Crippen LogP contribution >= 0.6 is 0 Å². The zero-order valence-corrected chi connectivity index (χ0v) is 11.6. The van der Waals surface area contributed by atoms with Crippen LogP contribution in [0.4, 0.5) is 0 Å². The molecule has 1 atom stereocenters. The Bertz CT molecular complexity index is 311. The molecule has 1 fully saturated rings. The van der Waals surface area contributed by atoms with Crippen LogP contribution in [-0.4, -0.2) is 35.2 Å². The van der Waals surface area contributed by atoms with Crippen LogP contribution in [0.15, 0.2) is 4.52 Å². The zero-order valence-electron chi connectivity index (χ0n) is 11.6. The first-order valence-electron chi connectivity index (χ1n) is 6.74. The van der Waals surface area contributed by atoms with Gasteiger partial charge in [-0.15, -0.1) is 0 Å². The molecule has 0 aliphatic carbocycles. The van der Waals surface area contributed by atoms with E-state index in [1.54, 1.807) is 0 Å². The summed E-state index contributed by atoms with van der Waals surface area (Å²) in [5, 5.41) is 3.87. The first-order chi connectivity index (χ1) is 8.25. The van der Waals surface area contributed by atoms with Gasteiger partial charge >= 0.3 is 0 Å². The molecule has 4 heteroatoms. The van der Waals surface area contributed by atoms with Crippen LogP contribution < -0.4 is 0 Å². The van der Waals surface area contributed by atoms with Gasteiger partial charge in [0.05, 0.1) is 0 Å². The van der Waals surface area contributed by atoms with E-state index in [1.165, 1.54) is 25.8 Å². The molecule has 17 heavy (non-hydrogen) atoms. The molecule has 98 valence electrons. The minimum Gasteiger partial charge on any atom is -0.339 e. The summed E-state index contributed by atoms with van der Waals surface area (Å²) in [6.45, 7) is 8.23. The topological polar surface area (TPSA) is 42.2 Å². The van der Waals surface area contributed by atoms with Gasteiger partial charge in [0.25, 0.3) is 0 Å². The van der Waals surface area contributed by atoms with Gasteiger partial charge in [0.1, 0.15) is 0 Å². The smallest absolute Gasteiger partial charge is 0.229 e. The Morgan fingerprint density at radius 2 is 1.94 bits per heavy atom. The molecule has 0 N–H and O–H groups in total. The zero-order chi connectivity index (χ0) is 12.7. The van der Waals surface area contributed by atoms with Gasteiger partial charge in [0, 0.05) is 5.92 Å². The Kier molecular flexibility index (Phi) is 6.19. The summed E-state index contributed by atoms with van der Waals surface area (Å²) in [5.41, 5.74) is 0. The number of rotatable bonds is 1. The van der Waals surface area contributed by atoms with Gasteiger partial charge in [-0.1, -0.05) is 25.4 Å². The fraction of sp³-hybridized carbons (Fsp3) is 0.846. The molecule has 0 spiro atoms. The van der Waals surface area contributed by atoms with Crippen molar-refractivity contribution in [1.82, 2.24) is 15.0 Å². The average molecular weight is 239 g/mol. The highest BCUT2D eigenvalue weighted by molar-refractivity contribution is 4.93. The number of aryl methyl sites for hydroxylation is 1. The van der Waals surface area contributed by atoms with Crippen LogP contribution in [0.5, 0.6) is 0 Å². The Morgan fingerprint density at radius 3 is 2.59 bits per heavy atom. The quantitative estimate of drug-likeness (QED) is 0.755. The van der Waals surface area contributed by atoms with Gasteiger partial charge in [-0.2, -0.15) is 4.98 Å². The maximum atomic E-state index is 5.26. The third-order valence-electron chi connectivity index (χ3n) is 3.09. The molecule has 2 rings (SSSR count). The first kappa shape index (κ1) is 14.2. The lowest BCUT2D eigenvalue weighted by Gasteiger charge is -2.23. The molecule has 0 aromatic carbocycles. The second-order valence-electron chi connectivity index (χ2n) is 4.46. The molecule has 0 saturated carbocycles. The van der Waals surface area contributed by atoms with Crippen molar-refractivity contribution in [3.63, 3.8) is 0 Å². The van der Waals surface area contributed by atoms with E-state index in [4.69, 9.17) is 4.52 Å². The monoisotopic (exact) mass is 239 g/mol. The lowest BCUT2D eigenvalue weighted by Crippen LogP contribution is -2.24. The van der Waals surface area contributed by atoms with E-state index in [1.807, 2.05) is 20.8 Å². The summed E-state index contributed by atoms with van der Waals surface area (Å²) in [7, 11) is 2.18. The van der Waals surface area contributed by atoms with Gasteiger partial charge in [-0.3, -0.25) is 0 Å². The summed E-state index contributed by atoms with van der Waals surface area (Å²) in [6, 6.07) is 0. The van der Waals surface area contributed by atoms with Crippen LogP contribution in [0.1, 0.15) is 57.2 Å². The Morgan fingerprint density at radius 1 is 1.18 bits per heavy atom. The highest BCUT2D eigenvalue weighted by Crippen LogP contribution is 2.26. The molecular weight excluding hydrogens is 214 g/mol. The second-order valence-corrected chi connectivity index (χ2v) is 4.46. The summed E-state index contributed by atoms with van der Waals surface area (Å²) >= 11 is 0. The normalized spacial score (nSPS) is 22.2. The van der Waals surface area contributed by atoms with Crippen LogP contribution in [0.3, 0.4) is 0 Å². The summed E-state index contributed by atoms with van der Waals surface area (Å²) in [6.07, 6.45) is 4.87. The molecule has 1 aliphatic rings. The van der Waals surface area contributed by atoms with Crippen molar-refractivity contribution in [2.45, 2.75) is 52.4 Å². The number of likely N-dealkylation sites (tertiary alicyclic amines) is 1. The van der Waals surface area contributed by atoms with Crippen molar-refractivity contribution >= 4 is 0 Å². The summed E-state index contributed by atoms with van der Waals surface area (Å²) in [4.78, 5) is 6.72. The van der Waals surface area contributed by atoms with Crippen LogP contribution in [0.2, 0.25) is 0 Å². The Hall–Kier alpha value is -0.900. The largest absolute Gasteiger partial charge is 0.339 e. The van der Waals surface area contributed by atoms with Gasteiger partial charge in [-0.25, -0.2) is 0 Å². The molecule has 0 bridgehead atoms. The molecular formula is C13H25N3O. The second kappa shape index (κ2) is 7.43. The van der Waals surface area contributed by atoms with Crippen LogP contribution in [0, 0.1) is 6.92 Å². The maximum Gasteiger partial charge on any atom is 0.229 e. The van der Waals surface area contributed by atoms with Crippen molar-refractivity contribution in [2.75, 3.05) is 20.1 Å². The SMILES string of the molecule is CC.Cc1noc(C2CCCCN(C)CC2)n1. The van der Waals surface area contributed by atoms with E-state index in [-0.39, 0.29) is 0 Å². The van der Waals surface area contributed by atoms with Crippen molar-refractivity contribution in [1.29, 1.82) is 0 Å². The van der Waals surface area contributed by atoms with E-state index in [9.17, 15) is 0 Å². The van der Waals surface area contributed by atoms with E-state index < -0.39 is 0 Å². The van der Waals surface area contributed by atoms with Crippen molar-refractivity contribution < 1.29 is 4.52 Å². The molecule has 1 unspecified atom stereocenters. The fourth-order valence-electron chi connectivity index (χ4n) is 2.13. The number of aromatic nitrogens is 2. The molecule has 0 radical (unpaired) electrons. The minimum atomic E-state index is 0.467. The van der Waals surface area contributed by atoms with Crippen molar-refractivity contribution in [2.24, 2.45) is 0 Å². The van der Waals surface area contributed by atoms with Gasteiger partial charge < -0.3 is 9.42 Å². The highest BCUT2D eigenvalue weighted by atomic mass is 16.5. The molecule has 1 saturated heterocycles. The molecule has 1 aliphatic heterocycles. The molecule has 0 amide bonds. The lowest BCUT2D eigenvalue weighted by molar-refractivity contribution is 0.258. The number of hydrogen-bond acceptors (Lipinski definition) is 4. The standard InChI is InChI=1S/C11H19N3O.C2H6/c1-9-12-11(15-13-9)10-5-3-4-7-14(2)8-6-10;1-2/h10H,3-8H2,1-2H3;1-2H3.